The van der Waals surface area contributed by atoms with Crippen LogP contribution in [-0.4, -0.2) is 56.3 Å². The van der Waals surface area contributed by atoms with Crippen molar-refractivity contribution in [3.63, 3.8) is 0 Å². The van der Waals surface area contributed by atoms with E-state index in [0.717, 1.165) is 19.1 Å². The lowest BCUT2D eigenvalue weighted by Gasteiger charge is -2.25. The lowest BCUT2D eigenvalue weighted by atomic mass is 10.3. The first-order valence-corrected chi connectivity index (χ1v) is 6.43. The average molecular weight is 370 g/mol. The number of halogens is 1. The zero-order valence-corrected chi connectivity index (χ0v) is 14.0. The number of nitrogens with two attached hydrogens (primary N) is 1. The summed E-state index contributed by atoms with van der Waals surface area (Å²) in [6.45, 7) is 7.60. The summed E-state index contributed by atoms with van der Waals surface area (Å²) in [5.74, 6) is 0.515. The fraction of sp³-hybridized carbons (Fsp3) is 0.917. The molecule has 1 rings (SSSR count). The molecule has 5 nitrogen and oxygen atoms in total. The number of aliphatic imine (C=N–C) groups is 1. The van der Waals surface area contributed by atoms with Gasteiger partial charge in [-0.25, -0.2) is 0 Å². The maximum Gasteiger partial charge on any atom is 0.188 e. The van der Waals surface area contributed by atoms with E-state index in [1.807, 2.05) is 0 Å². The van der Waals surface area contributed by atoms with Crippen LogP contribution < -0.4 is 11.1 Å². The van der Waals surface area contributed by atoms with Crippen molar-refractivity contribution in [1.29, 1.82) is 0 Å². The van der Waals surface area contributed by atoms with Crippen molar-refractivity contribution in [2.45, 2.75) is 38.8 Å². The molecule has 1 fully saturated rings. The summed E-state index contributed by atoms with van der Waals surface area (Å²) in [5, 5.41) is 3.02. The van der Waals surface area contributed by atoms with E-state index in [1.54, 1.807) is 7.11 Å². The van der Waals surface area contributed by atoms with Gasteiger partial charge in [0.15, 0.2) is 5.96 Å². The number of hydrogen-bond acceptors (Lipinski definition) is 3. The second-order valence-corrected chi connectivity index (χ2v) is 4.75. The second-order valence-electron chi connectivity index (χ2n) is 4.75. The zero-order valence-electron chi connectivity index (χ0n) is 11.7. The monoisotopic (exact) mass is 370 g/mol. The molecule has 1 saturated carbocycles. The third-order valence-corrected chi connectivity index (χ3v) is 2.93. The van der Waals surface area contributed by atoms with Crippen LogP contribution in [0.4, 0.5) is 0 Å². The molecule has 0 saturated heterocycles. The number of nitrogens with one attached hydrogen (secondary N) is 1. The Morgan fingerprint density at radius 2 is 2.17 bits per heavy atom. The first-order chi connectivity index (χ1) is 8.15. The first kappa shape index (κ1) is 17.9. The van der Waals surface area contributed by atoms with Crippen molar-refractivity contribution in [3.05, 3.63) is 0 Å². The highest BCUT2D eigenvalue weighted by Crippen LogP contribution is 2.27. The summed E-state index contributed by atoms with van der Waals surface area (Å²) >= 11 is 0. The van der Waals surface area contributed by atoms with Gasteiger partial charge >= 0.3 is 0 Å². The molecule has 18 heavy (non-hydrogen) atoms. The Morgan fingerprint density at radius 1 is 1.50 bits per heavy atom. The highest BCUT2D eigenvalue weighted by molar-refractivity contribution is 14.0. The van der Waals surface area contributed by atoms with Crippen molar-refractivity contribution < 1.29 is 4.74 Å². The Kier molecular flexibility index (Phi) is 9.76. The quantitative estimate of drug-likeness (QED) is 0.290. The third kappa shape index (κ3) is 7.38. The van der Waals surface area contributed by atoms with Gasteiger partial charge in [-0.3, -0.25) is 9.89 Å². The molecule has 0 atom stereocenters. The average Bonchev–Trinajstić information content (AvgIpc) is 3.08. The summed E-state index contributed by atoms with van der Waals surface area (Å²) in [6, 6.07) is 1.38. The molecule has 0 aromatic carbocycles. The SMILES string of the molecule is COCCNC(N)=NCCN(C(C)C)C1CC1.I. The van der Waals surface area contributed by atoms with E-state index in [-0.39, 0.29) is 24.0 Å². The van der Waals surface area contributed by atoms with Gasteiger partial charge in [-0.1, -0.05) is 0 Å². The minimum Gasteiger partial charge on any atom is -0.383 e. The van der Waals surface area contributed by atoms with Crippen molar-refractivity contribution in [1.82, 2.24) is 10.2 Å². The number of guanidine groups is 1. The van der Waals surface area contributed by atoms with E-state index < -0.39 is 0 Å². The van der Waals surface area contributed by atoms with E-state index in [4.69, 9.17) is 10.5 Å². The largest absolute Gasteiger partial charge is 0.383 e. The topological polar surface area (TPSA) is 62.9 Å². The van der Waals surface area contributed by atoms with E-state index >= 15 is 0 Å². The zero-order chi connectivity index (χ0) is 12.7. The van der Waals surface area contributed by atoms with Gasteiger partial charge < -0.3 is 15.8 Å². The standard InChI is InChI=1S/C12H26N4O.HI/c1-10(2)16(11-4-5-11)8-6-14-12(13)15-7-9-17-3;/h10-11H,4-9H2,1-3H3,(H3,13,14,15);1H. The summed E-state index contributed by atoms with van der Waals surface area (Å²) in [7, 11) is 1.67. The summed E-state index contributed by atoms with van der Waals surface area (Å²) in [6.07, 6.45) is 2.67. The lowest BCUT2D eigenvalue weighted by Crippen LogP contribution is -2.37. The van der Waals surface area contributed by atoms with Crippen LogP contribution in [0.3, 0.4) is 0 Å². The van der Waals surface area contributed by atoms with Gasteiger partial charge in [0.05, 0.1) is 13.2 Å². The molecule has 1 aliphatic rings. The number of methoxy groups -OCH3 is 1. The Morgan fingerprint density at radius 3 is 2.67 bits per heavy atom. The normalized spacial score (nSPS) is 15.9. The molecule has 0 aliphatic heterocycles. The summed E-state index contributed by atoms with van der Waals surface area (Å²) in [4.78, 5) is 6.82. The predicted octanol–water partition coefficient (Wildman–Crippen LogP) is 1.03. The number of nitrogens with zero attached hydrogens (tertiary/aromatic N) is 2. The summed E-state index contributed by atoms with van der Waals surface area (Å²) in [5.41, 5.74) is 5.73. The molecular weight excluding hydrogens is 343 g/mol. The molecule has 1 aliphatic carbocycles. The lowest BCUT2D eigenvalue weighted by molar-refractivity contribution is 0.203. The van der Waals surface area contributed by atoms with Gasteiger partial charge in [0.2, 0.25) is 0 Å². The number of rotatable bonds is 8. The van der Waals surface area contributed by atoms with Crippen LogP contribution in [0.1, 0.15) is 26.7 Å². The van der Waals surface area contributed by atoms with Crippen molar-refractivity contribution in [2.75, 3.05) is 33.4 Å². The molecule has 0 heterocycles. The van der Waals surface area contributed by atoms with Crippen LogP contribution in [-0.2, 0) is 4.74 Å². The Balaban J connectivity index is 0.00000289. The van der Waals surface area contributed by atoms with Gasteiger partial charge in [-0.2, -0.15) is 0 Å². The maximum atomic E-state index is 5.73. The van der Waals surface area contributed by atoms with Crippen LogP contribution in [0.15, 0.2) is 4.99 Å². The van der Waals surface area contributed by atoms with Crippen LogP contribution in [0.2, 0.25) is 0 Å². The molecule has 0 amide bonds. The van der Waals surface area contributed by atoms with Crippen LogP contribution in [0, 0.1) is 0 Å². The van der Waals surface area contributed by atoms with Crippen LogP contribution >= 0.6 is 24.0 Å². The first-order valence-electron chi connectivity index (χ1n) is 6.43. The van der Waals surface area contributed by atoms with Crippen molar-refractivity contribution in [3.8, 4) is 0 Å². The molecule has 0 aromatic heterocycles. The van der Waals surface area contributed by atoms with E-state index in [0.29, 0.717) is 25.2 Å². The Hall–Kier alpha value is -0.0800. The predicted molar refractivity (Wildman–Crippen MR) is 86.6 cm³/mol. The molecule has 3 N–H and O–H groups in total. The second kappa shape index (κ2) is 9.80. The smallest absolute Gasteiger partial charge is 0.188 e. The number of ether oxygens (including phenoxy) is 1. The van der Waals surface area contributed by atoms with Gasteiger partial charge in [0, 0.05) is 32.3 Å². The molecule has 108 valence electrons. The Labute approximate surface area is 128 Å². The highest BCUT2D eigenvalue weighted by atomic mass is 127. The van der Waals surface area contributed by atoms with Gasteiger partial charge in [-0.15, -0.1) is 24.0 Å². The van der Waals surface area contributed by atoms with Crippen molar-refractivity contribution in [2.24, 2.45) is 10.7 Å². The minimum absolute atomic E-state index is 0. The fourth-order valence-electron chi connectivity index (χ4n) is 1.89. The van der Waals surface area contributed by atoms with E-state index in [1.165, 1.54) is 12.8 Å². The van der Waals surface area contributed by atoms with Crippen LogP contribution in [0.5, 0.6) is 0 Å². The van der Waals surface area contributed by atoms with Crippen molar-refractivity contribution >= 4 is 29.9 Å². The van der Waals surface area contributed by atoms with E-state index in [2.05, 4.69) is 29.1 Å². The number of hydrogen-bond donors (Lipinski definition) is 2. The van der Waals surface area contributed by atoms with Gasteiger partial charge in [-0.05, 0) is 26.7 Å². The molecular formula is C12H27IN4O. The maximum absolute atomic E-state index is 5.73. The molecule has 0 aromatic rings. The molecule has 0 unspecified atom stereocenters. The van der Waals surface area contributed by atoms with Gasteiger partial charge in [0.25, 0.3) is 0 Å². The van der Waals surface area contributed by atoms with Crippen LogP contribution in [0.25, 0.3) is 0 Å². The minimum atomic E-state index is 0. The highest BCUT2D eigenvalue weighted by Gasteiger charge is 2.29. The fourth-order valence-corrected chi connectivity index (χ4v) is 1.89. The third-order valence-electron chi connectivity index (χ3n) is 2.93. The molecule has 0 spiro atoms. The van der Waals surface area contributed by atoms with Gasteiger partial charge in [0.1, 0.15) is 0 Å². The molecule has 0 bridgehead atoms. The van der Waals surface area contributed by atoms with E-state index in [9.17, 15) is 0 Å². The molecule has 0 radical (unpaired) electrons. The Bertz CT molecular complexity index is 242. The summed E-state index contributed by atoms with van der Waals surface area (Å²) < 4.78 is 4.92. The molecule has 6 heteroatoms.